The van der Waals surface area contributed by atoms with E-state index in [1.165, 1.54) is 0 Å². The largest absolute Gasteiger partial charge is 0.509 e. The molecule has 4 saturated carbocycles. The maximum Gasteiger partial charge on any atom is 0.509 e. The summed E-state index contributed by atoms with van der Waals surface area (Å²) in [5, 5.41) is -0.718. The molecule has 3 saturated heterocycles. The van der Waals surface area contributed by atoms with Crippen LogP contribution in [0.15, 0.2) is 0 Å². The van der Waals surface area contributed by atoms with Crippen LogP contribution in [-0.4, -0.2) is 68.3 Å². The van der Waals surface area contributed by atoms with Crippen molar-refractivity contribution in [3.05, 3.63) is 0 Å². The number of hydrogen-bond donors (Lipinski definition) is 0. The Morgan fingerprint density at radius 1 is 1.09 bits per heavy atom. The van der Waals surface area contributed by atoms with Crippen LogP contribution in [0.2, 0.25) is 0 Å². The fourth-order valence-electron chi connectivity index (χ4n) is 7.68. The molecule has 0 aromatic heterocycles. The van der Waals surface area contributed by atoms with Crippen molar-refractivity contribution in [2.75, 3.05) is 6.61 Å². The van der Waals surface area contributed by atoms with Gasteiger partial charge in [0, 0.05) is 12.3 Å². The number of alkyl halides is 2. The van der Waals surface area contributed by atoms with Crippen LogP contribution in [0.1, 0.15) is 51.9 Å². The van der Waals surface area contributed by atoms with Gasteiger partial charge in [-0.05, 0) is 56.8 Å². The molecular weight excluding hydrogens is 466 g/mol. The van der Waals surface area contributed by atoms with E-state index in [-0.39, 0.29) is 24.9 Å². The summed E-state index contributed by atoms with van der Waals surface area (Å²) in [6.45, 7) is 0.383. The van der Waals surface area contributed by atoms with Crippen molar-refractivity contribution in [1.82, 2.24) is 0 Å². The molecule has 9 nitrogen and oxygen atoms in total. The van der Waals surface area contributed by atoms with Crippen molar-refractivity contribution < 1.29 is 49.9 Å². The maximum atomic E-state index is 13.3. The minimum Gasteiger partial charge on any atom is -0.461 e. The Labute approximate surface area is 189 Å². The molecule has 33 heavy (non-hydrogen) atoms. The molecule has 0 amide bonds. The number of carbonyl (C=O) groups excluding carboxylic acids is 2. The standard InChI is InChI=1S/C21H26F2O9S/c1-19(22,23)17(24)28-9-20-4-10-2-11(5-20)7-21(6-10,8-20)31-18(25)30-14-12-3-13-15(29-12)16(14)32-33(13,26)27/h10-16H,2-9H2,1H3. The third-order valence-corrected chi connectivity index (χ3v) is 10.0. The molecule has 0 spiro atoms. The predicted octanol–water partition coefficient (Wildman–Crippen LogP) is 2.31. The van der Waals surface area contributed by atoms with Gasteiger partial charge in [-0.2, -0.15) is 17.2 Å². The van der Waals surface area contributed by atoms with Crippen LogP contribution in [-0.2, 0) is 38.0 Å². The fraction of sp³-hybridized carbons (Fsp3) is 0.905. The number of halogens is 2. The lowest BCUT2D eigenvalue weighted by Crippen LogP contribution is -2.59. The van der Waals surface area contributed by atoms with Gasteiger partial charge in [0.05, 0.1) is 12.7 Å². The van der Waals surface area contributed by atoms with Gasteiger partial charge in [0.25, 0.3) is 10.1 Å². The molecule has 3 heterocycles. The second-order valence-electron chi connectivity index (χ2n) is 11.0. The zero-order valence-electron chi connectivity index (χ0n) is 18.0. The highest BCUT2D eigenvalue weighted by molar-refractivity contribution is 7.87. The smallest absolute Gasteiger partial charge is 0.461 e. The molecule has 6 bridgehead atoms. The molecule has 7 aliphatic rings. The van der Waals surface area contributed by atoms with E-state index in [2.05, 4.69) is 0 Å². The summed E-state index contributed by atoms with van der Waals surface area (Å²) in [7, 11) is -3.73. The Hall–Kier alpha value is -1.53. The lowest BCUT2D eigenvalue weighted by molar-refractivity contribution is -0.203. The molecule has 7 atom stereocenters. The Balaban J connectivity index is 1.13. The first-order chi connectivity index (χ1) is 15.4. The summed E-state index contributed by atoms with van der Waals surface area (Å²) in [5.74, 6) is -4.61. The molecule has 7 fully saturated rings. The summed E-state index contributed by atoms with van der Waals surface area (Å²) in [4.78, 5) is 24.4. The maximum absolute atomic E-state index is 13.3. The highest BCUT2D eigenvalue weighted by Crippen LogP contribution is 2.63. The van der Waals surface area contributed by atoms with Gasteiger partial charge >= 0.3 is 18.0 Å². The zero-order valence-corrected chi connectivity index (χ0v) is 18.9. The van der Waals surface area contributed by atoms with Crippen molar-refractivity contribution in [1.29, 1.82) is 0 Å². The lowest BCUT2D eigenvalue weighted by Gasteiger charge is -2.60. The Morgan fingerprint density at radius 2 is 1.79 bits per heavy atom. The summed E-state index contributed by atoms with van der Waals surface area (Å²) >= 11 is 0. The van der Waals surface area contributed by atoms with Crippen molar-refractivity contribution >= 4 is 22.2 Å². The minimum absolute atomic E-state index is 0.127. The lowest BCUT2D eigenvalue weighted by atomic mass is 9.48. The Bertz CT molecular complexity index is 978. The predicted molar refractivity (Wildman–Crippen MR) is 104 cm³/mol. The normalized spacial score (nSPS) is 48.2. The van der Waals surface area contributed by atoms with E-state index in [1.54, 1.807) is 0 Å². The number of hydrogen-bond acceptors (Lipinski definition) is 9. The number of carbonyl (C=O) groups is 2. The average molecular weight is 492 g/mol. The van der Waals surface area contributed by atoms with Crippen molar-refractivity contribution in [3.63, 3.8) is 0 Å². The molecule has 0 N–H and O–H groups in total. The van der Waals surface area contributed by atoms with Gasteiger partial charge < -0.3 is 18.9 Å². The summed E-state index contributed by atoms with van der Waals surface area (Å²) in [6, 6.07) is 0. The third-order valence-electron chi connectivity index (χ3n) is 8.32. The van der Waals surface area contributed by atoms with Crippen LogP contribution < -0.4 is 0 Å². The average Bonchev–Trinajstić information content (AvgIpc) is 3.28. The fourth-order valence-corrected chi connectivity index (χ4v) is 9.32. The van der Waals surface area contributed by atoms with Gasteiger partial charge in [-0.15, -0.1) is 0 Å². The molecule has 12 heteroatoms. The van der Waals surface area contributed by atoms with E-state index in [4.69, 9.17) is 23.1 Å². The van der Waals surface area contributed by atoms with Gasteiger partial charge in [-0.1, -0.05) is 0 Å². The third kappa shape index (κ3) is 3.46. The van der Waals surface area contributed by atoms with Gasteiger partial charge in [0.1, 0.15) is 23.1 Å². The van der Waals surface area contributed by atoms with E-state index >= 15 is 0 Å². The molecule has 184 valence electrons. The molecule has 0 aromatic rings. The van der Waals surface area contributed by atoms with E-state index in [9.17, 15) is 26.8 Å². The van der Waals surface area contributed by atoms with Crippen molar-refractivity contribution in [2.24, 2.45) is 17.3 Å². The van der Waals surface area contributed by atoms with E-state index in [0.717, 1.165) is 19.3 Å². The Morgan fingerprint density at radius 3 is 2.45 bits per heavy atom. The molecule has 0 radical (unpaired) electrons. The second kappa shape index (κ2) is 6.78. The molecule has 3 aliphatic heterocycles. The van der Waals surface area contributed by atoms with Gasteiger partial charge in [-0.25, -0.2) is 9.59 Å². The number of fused-ring (bicyclic) bond motifs is 1. The molecule has 7 unspecified atom stereocenters. The van der Waals surface area contributed by atoms with Crippen LogP contribution in [0.5, 0.6) is 0 Å². The SMILES string of the molecule is CC(F)(F)C(=O)OCC12CC3CC(C1)CC(OC(=O)OC1C4CC5C(O4)C1OS5(=O)=O)(C3)C2. The molecule has 4 aliphatic carbocycles. The van der Waals surface area contributed by atoms with E-state index < -0.39 is 68.8 Å². The van der Waals surface area contributed by atoms with E-state index in [1.807, 2.05) is 0 Å². The molecule has 7 rings (SSSR count). The second-order valence-corrected chi connectivity index (χ2v) is 12.8. The quantitative estimate of drug-likeness (QED) is 0.421. The summed E-state index contributed by atoms with van der Waals surface area (Å²) < 4.78 is 77.8. The number of rotatable bonds is 5. The minimum atomic E-state index is -3.73. The molecule has 0 aromatic carbocycles. The monoisotopic (exact) mass is 492 g/mol. The van der Waals surface area contributed by atoms with Gasteiger partial charge in [0.15, 0.2) is 6.10 Å². The van der Waals surface area contributed by atoms with Crippen molar-refractivity contribution in [2.45, 2.75) is 93.1 Å². The summed E-state index contributed by atoms with van der Waals surface area (Å²) in [6.07, 6.45) is 0.550. The number of esters is 1. The first-order valence-electron chi connectivity index (χ1n) is 11.4. The summed E-state index contributed by atoms with van der Waals surface area (Å²) in [5.41, 5.74) is -1.32. The first-order valence-corrected chi connectivity index (χ1v) is 12.9. The van der Waals surface area contributed by atoms with Crippen LogP contribution >= 0.6 is 0 Å². The highest BCUT2D eigenvalue weighted by Gasteiger charge is 2.68. The topological polar surface area (TPSA) is 114 Å². The first kappa shape index (κ1) is 22.0. The van der Waals surface area contributed by atoms with Gasteiger partial charge in [-0.3, -0.25) is 4.18 Å². The Kier molecular flexibility index (Phi) is 4.51. The van der Waals surface area contributed by atoms with Crippen LogP contribution in [0.4, 0.5) is 13.6 Å². The zero-order chi connectivity index (χ0) is 23.4. The van der Waals surface area contributed by atoms with Crippen LogP contribution in [0.25, 0.3) is 0 Å². The van der Waals surface area contributed by atoms with Crippen molar-refractivity contribution in [3.8, 4) is 0 Å². The van der Waals surface area contributed by atoms with Gasteiger partial charge in [0.2, 0.25) is 0 Å². The highest BCUT2D eigenvalue weighted by atomic mass is 32.2. The number of ether oxygens (including phenoxy) is 4. The van der Waals surface area contributed by atoms with E-state index in [0.29, 0.717) is 26.2 Å². The molecular formula is C21H26F2O9S. The van der Waals surface area contributed by atoms with Crippen LogP contribution in [0.3, 0.4) is 0 Å². The van der Waals surface area contributed by atoms with Crippen LogP contribution in [0, 0.1) is 17.3 Å².